The van der Waals surface area contributed by atoms with Crippen LogP contribution in [0.1, 0.15) is 13.8 Å². The van der Waals surface area contributed by atoms with Gasteiger partial charge in [0.1, 0.15) is 18.8 Å². The first-order chi connectivity index (χ1) is 8.86. The molecule has 0 spiro atoms. The molecular weight excluding hydrogens is 256 g/mol. The van der Waals surface area contributed by atoms with Crippen LogP contribution in [0.4, 0.5) is 4.79 Å². The molecule has 1 aliphatic rings. The van der Waals surface area contributed by atoms with Crippen LogP contribution in [0, 0.1) is 0 Å². The smallest absolute Gasteiger partial charge is 0.329 e. The first-order valence-electron chi connectivity index (χ1n) is 5.90. The van der Waals surface area contributed by atoms with Crippen LogP contribution in [0.2, 0.25) is 0 Å². The van der Waals surface area contributed by atoms with Crippen LogP contribution in [0.15, 0.2) is 0 Å². The van der Waals surface area contributed by atoms with E-state index in [1.54, 1.807) is 13.8 Å². The van der Waals surface area contributed by atoms with Crippen molar-refractivity contribution in [3.8, 4) is 0 Å². The minimum Gasteiger partial charge on any atom is -0.480 e. The molecule has 0 aromatic carbocycles. The van der Waals surface area contributed by atoms with E-state index in [0.29, 0.717) is 0 Å². The predicted molar refractivity (Wildman–Crippen MR) is 63.6 cm³/mol. The van der Waals surface area contributed by atoms with Crippen molar-refractivity contribution < 1.29 is 29.0 Å². The number of rotatable bonds is 6. The van der Waals surface area contributed by atoms with Gasteiger partial charge in [0.15, 0.2) is 0 Å². The summed E-state index contributed by atoms with van der Waals surface area (Å²) in [5.41, 5.74) is -0.639. The highest BCUT2D eigenvalue weighted by atomic mass is 16.5. The van der Waals surface area contributed by atoms with E-state index >= 15 is 0 Å². The number of nitrogens with one attached hydrogen (secondary N) is 1. The van der Waals surface area contributed by atoms with Gasteiger partial charge in [0.2, 0.25) is 0 Å². The number of urea groups is 1. The fraction of sp³-hybridized carbons (Fsp3) is 0.727. The maximum absolute atomic E-state index is 11.6. The Hall–Kier alpha value is -1.83. The first-order valence-corrected chi connectivity index (χ1v) is 5.90. The summed E-state index contributed by atoms with van der Waals surface area (Å²) in [5, 5.41) is 10.9. The molecule has 19 heavy (non-hydrogen) atoms. The molecule has 0 aromatic rings. The van der Waals surface area contributed by atoms with Gasteiger partial charge in [-0.05, 0) is 13.8 Å². The van der Waals surface area contributed by atoms with Gasteiger partial charge in [-0.2, -0.15) is 0 Å². The van der Waals surface area contributed by atoms with Crippen LogP contribution in [0.5, 0.6) is 0 Å². The fourth-order valence-electron chi connectivity index (χ4n) is 1.70. The first kappa shape index (κ1) is 15.2. The van der Waals surface area contributed by atoms with E-state index in [2.05, 4.69) is 10.1 Å². The van der Waals surface area contributed by atoms with Crippen molar-refractivity contribution in [3.05, 3.63) is 0 Å². The van der Waals surface area contributed by atoms with Crippen molar-refractivity contribution in [2.24, 2.45) is 0 Å². The highest BCUT2D eigenvalue weighted by molar-refractivity contribution is 5.81. The summed E-state index contributed by atoms with van der Waals surface area (Å²) in [6, 6.07) is -0.399. The Bertz CT molecular complexity index is 364. The van der Waals surface area contributed by atoms with Gasteiger partial charge in [-0.3, -0.25) is 4.79 Å². The van der Waals surface area contributed by atoms with Crippen molar-refractivity contribution in [2.75, 3.05) is 32.8 Å². The Balaban J connectivity index is 2.24. The van der Waals surface area contributed by atoms with Gasteiger partial charge in [-0.15, -0.1) is 0 Å². The fourth-order valence-corrected chi connectivity index (χ4v) is 1.70. The number of carboxylic acids is 1. The van der Waals surface area contributed by atoms with Crippen LogP contribution in [0.3, 0.4) is 0 Å². The lowest BCUT2D eigenvalue weighted by molar-refractivity contribution is -0.159. The molecule has 0 atom stereocenters. The maximum Gasteiger partial charge on any atom is 0.329 e. The van der Waals surface area contributed by atoms with Crippen LogP contribution >= 0.6 is 0 Å². The number of esters is 1. The van der Waals surface area contributed by atoms with E-state index in [0.717, 1.165) is 0 Å². The molecule has 1 heterocycles. The van der Waals surface area contributed by atoms with E-state index in [9.17, 15) is 14.4 Å². The predicted octanol–water partition coefficient (Wildman–Crippen LogP) is -0.565. The van der Waals surface area contributed by atoms with Crippen molar-refractivity contribution in [1.82, 2.24) is 10.2 Å². The molecule has 1 fully saturated rings. The van der Waals surface area contributed by atoms with E-state index in [-0.39, 0.29) is 26.2 Å². The third-order valence-corrected chi connectivity index (χ3v) is 2.57. The van der Waals surface area contributed by atoms with Gasteiger partial charge in [-0.1, -0.05) is 0 Å². The Morgan fingerprint density at radius 2 is 2.00 bits per heavy atom. The number of aliphatic carboxylic acids is 1. The topological polar surface area (TPSA) is 105 Å². The zero-order valence-electron chi connectivity index (χ0n) is 11.0. The second-order valence-corrected chi connectivity index (χ2v) is 4.45. The molecule has 1 aliphatic heterocycles. The second kappa shape index (κ2) is 6.37. The van der Waals surface area contributed by atoms with E-state index in [1.807, 2.05) is 0 Å². The average Bonchev–Trinajstić information content (AvgIpc) is 2.30. The highest BCUT2D eigenvalue weighted by Gasteiger charge is 2.42. The Kier molecular flexibility index (Phi) is 5.11. The number of likely N-dealkylation sites (tertiary alicyclic amines) is 1. The molecule has 8 heteroatoms. The van der Waals surface area contributed by atoms with Crippen LogP contribution in [-0.4, -0.2) is 66.4 Å². The molecule has 0 aliphatic carbocycles. The van der Waals surface area contributed by atoms with Crippen LogP contribution < -0.4 is 5.32 Å². The SMILES string of the molecule is CCOC(=O)CNC(=O)N1CC(C)(OCC(=O)O)C1. The number of carboxylic acid groups (broad SMARTS) is 1. The molecule has 0 radical (unpaired) electrons. The van der Waals surface area contributed by atoms with Gasteiger partial charge in [0, 0.05) is 0 Å². The average molecular weight is 274 g/mol. The molecule has 2 amide bonds. The number of amides is 2. The quantitative estimate of drug-likeness (QED) is 0.629. The lowest BCUT2D eigenvalue weighted by atomic mass is 9.97. The summed E-state index contributed by atoms with van der Waals surface area (Å²) in [6.45, 7) is 3.67. The number of ether oxygens (including phenoxy) is 2. The van der Waals surface area contributed by atoms with Gasteiger partial charge in [0.05, 0.1) is 19.7 Å². The molecule has 0 saturated carbocycles. The van der Waals surface area contributed by atoms with Crippen molar-refractivity contribution in [2.45, 2.75) is 19.4 Å². The number of hydrogen-bond donors (Lipinski definition) is 2. The maximum atomic E-state index is 11.6. The highest BCUT2D eigenvalue weighted by Crippen LogP contribution is 2.24. The Morgan fingerprint density at radius 3 is 2.53 bits per heavy atom. The number of hydrogen-bond acceptors (Lipinski definition) is 5. The van der Waals surface area contributed by atoms with Crippen LogP contribution in [-0.2, 0) is 19.1 Å². The minimum atomic E-state index is -1.05. The minimum absolute atomic E-state index is 0.185. The van der Waals surface area contributed by atoms with E-state index in [4.69, 9.17) is 9.84 Å². The third kappa shape index (κ3) is 4.74. The van der Waals surface area contributed by atoms with Crippen molar-refractivity contribution in [3.63, 3.8) is 0 Å². The lowest BCUT2D eigenvalue weighted by Gasteiger charge is -2.46. The Labute approximate surface area is 110 Å². The molecule has 8 nitrogen and oxygen atoms in total. The lowest BCUT2D eigenvalue weighted by Crippen LogP contribution is -2.65. The molecule has 0 aromatic heterocycles. The number of carbonyl (C=O) groups is 3. The largest absolute Gasteiger partial charge is 0.480 e. The van der Waals surface area contributed by atoms with Crippen molar-refractivity contribution in [1.29, 1.82) is 0 Å². The summed E-state index contributed by atoms with van der Waals surface area (Å²) in [5.74, 6) is -1.55. The third-order valence-electron chi connectivity index (χ3n) is 2.57. The van der Waals surface area contributed by atoms with Gasteiger partial charge >= 0.3 is 18.0 Å². The molecular formula is C11H18N2O6. The summed E-state index contributed by atoms with van der Waals surface area (Å²) in [6.07, 6.45) is 0. The van der Waals surface area contributed by atoms with E-state index in [1.165, 1.54) is 4.90 Å². The zero-order valence-corrected chi connectivity index (χ0v) is 11.0. The van der Waals surface area contributed by atoms with E-state index < -0.39 is 30.2 Å². The summed E-state index contributed by atoms with van der Waals surface area (Å²) < 4.78 is 9.83. The summed E-state index contributed by atoms with van der Waals surface area (Å²) >= 11 is 0. The molecule has 0 bridgehead atoms. The molecule has 2 N–H and O–H groups in total. The zero-order chi connectivity index (χ0) is 14.5. The molecule has 1 rings (SSSR count). The van der Waals surface area contributed by atoms with Gasteiger partial charge in [0.25, 0.3) is 0 Å². The molecule has 1 saturated heterocycles. The van der Waals surface area contributed by atoms with Crippen molar-refractivity contribution >= 4 is 18.0 Å². The normalized spacial score (nSPS) is 16.4. The van der Waals surface area contributed by atoms with Crippen LogP contribution in [0.25, 0.3) is 0 Å². The summed E-state index contributed by atoms with van der Waals surface area (Å²) in [7, 11) is 0. The Morgan fingerprint density at radius 1 is 1.37 bits per heavy atom. The standard InChI is InChI=1S/C11H18N2O6/c1-3-18-9(16)4-12-10(17)13-6-11(2,7-13)19-5-8(14)15/h3-7H2,1-2H3,(H,12,17)(H,14,15). The molecule has 108 valence electrons. The summed E-state index contributed by atoms with van der Waals surface area (Å²) in [4.78, 5) is 34.4. The van der Waals surface area contributed by atoms with Gasteiger partial charge in [-0.25, -0.2) is 9.59 Å². The monoisotopic (exact) mass is 274 g/mol. The second-order valence-electron chi connectivity index (χ2n) is 4.45. The number of nitrogens with zero attached hydrogens (tertiary/aromatic N) is 1. The number of carbonyl (C=O) groups excluding carboxylic acids is 2. The molecule has 0 unspecified atom stereocenters. The van der Waals surface area contributed by atoms with Gasteiger partial charge < -0.3 is 24.8 Å².